The molecular formula is C10H19ClN2O2S. The van der Waals surface area contributed by atoms with Gasteiger partial charge >= 0.3 is 0 Å². The van der Waals surface area contributed by atoms with Gasteiger partial charge in [0.25, 0.3) is 0 Å². The van der Waals surface area contributed by atoms with E-state index >= 15 is 0 Å². The van der Waals surface area contributed by atoms with Gasteiger partial charge in [-0.2, -0.15) is 0 Å². The van der Waals surface area contributed by atoms with Gasteiger partial charge in [0.05, 0.1) is 6.04 Å². The Morgan fingerprint density at radius 3 is 2.50 bits per heavy atom. The van der Waals surface area contributed by atoms with E-state index in [4.69, 9.17) is 0 Å². The van der Waals surface area contributed by atoms with Crippen LogP contribution in [0.1, 0.15) is 19.3 Å². The number of hydrogen-bond donors (Lipinski definition) is 1. The van der Waals surface area contributed by atoms with Gasteiger partial charge in [-0.05, 0) is 19.4 Å². The quantitative estimate of drug-likeness (QED) is 0.735. The molecule has 1 atom stereocenters. The Kier molecular flexibility index (Phi) is 5.72. The number of carbonyl (C=O) groups is 1. The molecule has 0 aromatic heterocycles. The largest absolute Gasteiger partial charge is 0.340 e. The molecular weight excluding hydrogens is 248 g/mol. The predicted octanol–water partition coefficient (Wildman–Crippen LogP) is 0.141. The van der Waals surface area contributed by atoms with Crippen molar-refractivity contribution in [3.63, 3.8) is 0 Å². The standard InChI is InChI=1S/C10H18N2O2S.ClH/c13-10(9-3-1-2-4-11-9)12-5-7-15(14)8-6-12;/h9,11H,1-8H2;1H. The maximum absolute atomic E-state index is 12.0. The van der Waals surface area contributed by atoms with Crippen LogP contribution in [-0.2, 0) is 15.6 Å². The molecule has 2 aliphatic rings. The molecule has 0 radical (unpaired) electrons. The zero-order valence-electron chi connectivity index (χ0n) is 9.31. The van der Waals surface area contributed by atoms with Crippen molar-refractivity contribution in [3.05, 3.63) is 0 Å². The molecule has 0 aromatic rings. The molecule has 2 fully saturated rings. The fraction of sp³-hybridized carbons (Fsp3) is 0.900. The minimum atomic E-state index is -0.697. The summed E-state index contributed by atoms with van der Waals surface area (Å²) in [6, 6.07) is 0.0188. The van der Waals surface area contributed by atoms with E-state index in [0.717, 1.165) is 19.4 Å². The number of nitrogens with one attached hydrogen (secondary N) is 1. The molecule has 2 saturated heterocycles. The van der Waals surface area contributed by atoms with Gasteiger partial charge in [-0.25, -0.2) is 0 Å². The van der Waals surface area contributed by atoms with Crippen molar-refractivity contribution in [3.8, 4) is 0 Å². The average molecular weight is 267 g/mol. The van der Waals surface area contributed by atoms with E-state index in [-0.39, 0.29) is 24.4 Å². The third kappa shape index (κ3) is 3.43. The molecule has 0 spiro atoms. The second-order valence-corrected chi connectivity index (χ2v) is 5.87. The molecule has 6 heteroatoms. The zero-order chi connectivity index (χ0) is 10.7. The van der Waals surface area contributed by atoms with Crippen LogP contribution in [0.5, 0.6) is 0 Å². The normalized spacial score (nSPS) is 27.2. The smallest absolute Gasteiger partial charge is 0.239 e. The van der Waals surface area contributed by atoms with E-state index in [9.17, 15) is 9.00 Å². The molecule has 4 nitrogen and oxygen atoms in total. The lowest BCUT2D eigenvalue weighted by atomic mass is 10.0. The number of piperidine rings is 1. The maximum Gasteiger partial charge on any atom is 0.239 e. The Morgan fingerprint density at radius 1 is 1.25 bits per heavy atom. The second kappa shape index (κ2) is 6.57. The Labute approximate surface area is 105 Å². The number of halogens is 1. The van der Waals surface area contributed by atoms with E-state index < -0.39 is 10.8 Å². The summed E-state index contributed by atoms with van der Waals surface area (Å²) >= 11 is 0. The fourth-order valence-corrected chi connectivity index (χ4v) is 3.19. The first-order valence-electron chi connectivity index (χ1n) is 5.64. The minimum Gasteiger partial charge on any atom is -0.340 e. The summed E-state index contributed by atoms with van der Waals surface area (Å²) in [5.41, 5.74) is 0. The summed E-state index contributed by atoms with van der Waals surface area (Å²) in [5.74, 6) is 1.52. The van der Waals surface area contributed by atoms with E-state index in [0.29, 0.717) is 24.6 Å². The summed E-state index contributed by atoms with van der Waals surface area (Å²) in [6.45, 7) is 2.30. The van der Waals surface area contributed by atoms with Gasteiger partial charge in [-0.1, -0.05) is 6.42 Å². The van der Waals surface area contributed by atoms with Crippen molar-refractivity contribution in [1.29, 1.82) is 0 Å². The van der Waals surface area contributed by atoms with Gasteiger partial charge in [-0.15, -0.1) is 12.4 Å². The van der Waals surface area contributed by atoms with Crippen LogP contribution in [-0.4, -0.2) is 52.2 Å². The molecule has 0 bridgehead atoms. The van der Waals surface area contributed by atoms with Crippen molar-refractivity contribution in [2.75, 3.05) is 31.1 Å². The molecule has 2 aliphatic heterocycles. The first-order chi connectivity index (χ1) is 7.27. The van der Waals surface area contributed by atoms with E-state index in [1.807, 2.05) is 4.90 Å². The zero-order valence-corrected chi connectivity index (χ0v) is 10.9. The van der Waals surface area contributed by atoms with Gasteiger partial charge in [0.2, 0.25) is 5.91 Å². The second-order valence-electron chi connectivity index (χ2n) is 4.18. The van der Waals surface area contributed by atoms with Crippen LogP contribution in [0.3, 0.4) is 0 Å². The summed E-state index contributed by atoms with van der Waals surface area (Å²) in [6.07, 6.45) is 3.27. The monoisotopic (exact) mass is 266 g/mol. The predicted molar refractivity (Wildman–Crippen MR) is 67.3 cm³/mol. The molecule has 16 heavy (non-hydrogen) atoms. The fourth-order valence-electron chi connectivity index (χ4n) is 2.14. The summed E-state index contributed by atoms with van der Waals surface area (Å²) in [5, 5.41) is 3.26. The first-order valence-corrected chi connectivity index (χ1v) is 7.13. The van der Waals surface area contributed by atoms with Crippen LogP contribution in [0.25, 0.3) is 0 Å². The topological polar surface area (TPSA) is 49.4 Å². The van der Waals surface area contributed by atoms with E-state index in [1.165, 1.54) is 6.42 Å². The van der Waals surface area contributed by atoms with Crippen LogP contribution in [0, 0.1) is 0 Å². The van der Waals surface area contributed by atoms with Crippen molar-refractivity contribution in [1.82, 2.24) is 10.2 Å². The molecule has 1 N–H and O–H groups in total. The summed E-state index contributed by atoms with van der Waals surface area (Å²) in [7, 11) is -0.697. The van der Waals surface area contributed by atoms with Gasteiger partial charge in [-0.3, -0.25) is 9.00 Å². The number of amides is 1. The number of rotatable bonds is 1. The highest BCUT2D eigenvalue weighted by Crippen LogP contribution is 2.11. The van der Waals surface area contributed by atoms with Crippen LogP contribution in [0.15, 0.2) is 0 Å². The molecule has 0 saturated carbocycles. The molecule has 1 amide bonds. The summed E-state index contributed by atoms with van der Waals surface area (Å²) in [4.78, 5) is 13.9. The molecule has 2 rings (SSSR count). The Hall–Kier alpha value is -0.130. The number of nitrogens with zero attached hydrogens (tertiary/aromatic N) is 1. The molecule has 0 aromatic carbocycles. The van der Waals surface area contributed by atoms with Crippen LogP contribution < -0.4 is 5.32 Å². The molecule has 94 valence electrons. The highest BCUT2D eigenvalue weighted by molar-refractivity contribution is 7.85. The van der Waals surface area contributed by atoms with Gasteiger partial charge in [0, 0.05) is 35.4 Å². The van der Waals surface area contributed by atoms with Crippen molar-refractivity contribution < 1.29 is 9.00 Å². The van der Waals surface area contributed by atoms with Crippen LogP contribution in [0.4, 0.5) is 0 Å². The lowest BCUT2D eigenvalue weighted by Gasteiger charge is -2.32. The minimum absolute atomic E-state index is 0. The van der Waals surface area contributed by atoms with Crippen molar-refractivity contribution >= 4 is 29.1 Å². The average Bonchev–Trinajstić information content (AvgIpc) is 2.30. The van der Waals surface area contributed by atoms with Gasteiger partial charge in [0.15, 0.2) is 0 Å². The SMILES string of the molecule is Cl.O=C(C1CCCCN1)N1CCS(=O)CC1. The lowest BCUT2D eigenvalue weighted by molar-refractivity contribution is -0.133. The lowest BCUT2D eigenvalue weighted by Crippen LogP contribution is -2.52. The number of hydrogen-bond acceptors (Lipinski definition) is 3. The van der Waals surface area contributed by atoms with Gasteiger partial charge < -0.3 is 10.2 Å². The third-order valence-corrected chi connectivity index (χ3v) is 4.37. The van der Waals surface area contributed by atoms with Crippen LogP contribution >= 0.6 is 12.4 Å². The summed E-state index contributed by atoms with van der Waals surface area (Å²) < 4.78 is 11.2. The van der Waals surface area contributed by atoms with Crippen molar-refractivity contribution in [2.24, 2.45) is 0 Å². The Bertz CT molecular complexity index is 260. The molecule has 2 heterocycles. The highest BCUT2D eigenvalue weighted by Gasteiger charge is 2.27. The van der Waals surface area contributed by atoms with Crippen LogP contribution in [0.2, 0.25) is 0 Å². The van der Waals surface area contributed by atoms with Gasteiger partial charge in [0.1, 0.15) is 0 Å². The molecule has 1 unspecified atom stereocenters. The maximum atomic E-state index is 12.0. The Morgan fingerprint density at radius 2 is 1.94 bits per heavy atom. The Balaban J connectivity index is 0.00000128. The van der Waals surface area contributed by atoms with Crippen molar-refractivity contribution in [2.45, 2.75) is 25.3 Å². The highest BCUT2D eigenvalue weighted by atomic mass is 35.5. The van der Waals surface area contributed by atoms with E-state index in [1.54, 1.807) is 0 Å². The number of carbonyl (C=O) groups excluding carboxylic acids is 1. The van der Waals surface area contributed by atoms with E-state index in [2.05, 4.69) is 5.32 Å². The molecule has 0 aliphatic carbocycles. The first kappa shape index (κ1) is 13.9. The third-order valence-electron chi connectivity index (χ3n) is 3.10.